The van der Waals surface area contributed by atoms with E-state index < -0.39 is 109 Å². The molecule has 24 heteroatoms. The van der Waals surface area contributed by atoms with Crippen molar-refractivity contribution in [2.75, 3.05) is 13.2 Å². The van der Waals surface area contributed by atoms with Crippen LogP contribution in [0.15, 0.2) is 35.7 Å². The maximum atomic E-state index is 14.2. The molecule has 1 aliphatic heterocycles. The Morgan fingerprint density at radius 3 is 2.02 bits per heavy atom. The molecule has 1 aromatic carbocycles. The second-order valence-electron chi connectivity index (χ2n) is 15.4. The third-order valence-corrected chi connectivity index (χ3v) is 10.8. The van der Waals surface area contributed by atoms with E-state index in [-0.39, 0.29) is 23.1 Å². The molecular weight excluding hydrogens is 892 g/mol. The van der Waals surface area contributed by atoms with Gasteiger partial charge in [-0.25, -0.2) is 9.78 Å². The number of hydrogen-bond acceptors (Lipinski definition) is 14. The number of quaternary nitrogens is 1. The molecule has 1 saturated heterocycles. The van der Waals surface area contributed by atoms with Crippen molar-refractivity contribution < 1.29 is 76.9 Å². The highest BCUT2D eigenvalue weighted by atomic mass is 32.1. The minimum Gasteiger partial charge on any atom is -0.542 e. The topological polar surface area (TPSA) is 290 Å². The number of carboxylic acids is 2. The maximum Gasteiger partial charge on any atom is 0.430 e. The first kappa shape index (κ1) is 54.4. The molecule has 1 aliphatic rings. The largest absolute Gasteiger partial charge is 0.542 e. The van der Waals surface area contributed by atoms with E-state index in [9.17, 15) is 51.8 Å². The van der Waals surface area contributed by atoms with Gasteiger partial charge in [-0.05, 0) is 37.2 Å². The minimum absolute atomic E-state index is 0.124. The molecule has 64 heavy (non-hydrogen) atoms. The van der Waals surface area contributed by atoms with Crippen LogP contribution in [0.3, 0.4) is 0 Å². The summed E-state index contributed by atoms with van der Waals surface area (Å²) in [5.74, 6) is -8.52. The predicted octanol–water partition coefficient (Wildman–Crippen LogP) is 0.223. The molecular formula is C40H54F3N7O12S2. The lowest BCUT2D eigenvalue weighted by Crippen LogP contribution is -2.70. The van der Waals surface area contributed by atoms with Crippen molar-refractivity contribution in [2.45, 2.75) is 116 Å². The summed E-state index contributed by atoms with van der Waals surface area (Å²) >= 11 is 6.85. The fraction of sp³-hybridized carbons (Fsp3) is 0.550. The number of carbonyl (C=O) groups is 8. The van der Waals surface area contributed by atoms with Gasteiger partial charge in [-0.3, -0.25) is 28.8 Å². The average molecular weight is 946 g/mol. The summed E-state index contributed by atoms with van der Waals surface area (Å²) in [5.41, 5.74) is 4.66. The Morgan fingerprint density at radius 2 is 1.52 bits per heavy atom. The number of carbonyl (C=O) groups excluding carboxylic acids is 7. The van der Waals surface area contributed by atoms with Gasteiger partial charge >= 0.3 is 24.1 Å². The van der Waals surface area contributed by atoms with E-state index in [0.29, 0.717) is 24.3 Å². The van der Waals surface area contributed by atoms with Gasteiger partial charge in [-0.1, -0.05) is 70.2 Å². The van der Waals surface area contributed by atoms with E-state index in [1.165, 1.54) is 31.1 Å². The number of aromatic nitrogens is 1. The number of esters is 2. The summed E-state index contributed by atoms with van der Waals surface area (Å²) in [6, 6.07) is 3.42. The number of thiazole rings is 1. The number of likely N-dealkylation sites (tertiary alicyclic amines) is 1. The number of thiocarbonyl (C=S) groups is 1. The van der Waals surface area contributed by atoms with Crippen molar-refractivity contribution in [3.63, 3.8) is 0 Å². The zero-order valence-electron chi connectivity index (χ0n) is 36.2. The van der Waals surface area contributed by atoms with E-state index in [1.54, 1.807) is 13.8 Å². The summed E-state index contributed by atoms with van der Waals surface area (Å²) in [5, 5.41) is 31.2. The highest BCUT2D eigenvalue weighted by molar-refractivity contribution is 7.80. The number of halogens is 3. The van der Waals surface area contributed by atoms with Gasteiger partial charge in [0.15, 0.2) is 11.7 Å². The molecule has 2 aromatic rings. The van der Waals surface area contributed by atoms with Crippen LogP contribution in [0.25, 0.3) is 0 Å². The first-order chi connectivity index (χ1) is 29.7. The number of rotatable bonds is 19. The van der Waals surface area contributed by atoms with E-state index in [0.717, 1.165) is 16.9 Å². The average Bonchev–Trinajstić information content (AvgIpc) is 3.90. The monoisotopic (exact) mass is 945 g/mol. The number of alkyl halides is 3. The first-order valence-electron chi connectivity index (χ1n) is 19.9. The molecule has 0 radical (unpaired) electrons. The van der Waals surface area contributed by atoms with Gasteiger partial charge in [-0.2, -0.15) is 13.2 Å². The van der Waals surface area contributed by atoms with E-state index in [2.05, 4.69) is 32.0 Å². The van der Waals surface area contributed by atoms with Crippen molar-refractivity contribution in [3.05, 3.63) is 52.0 Å². The van der Waals surface area contributed by atoms with Crippen LogP contribution >= 0.6 is 23.6 Å². The third-order valence-electron chi connectivity index (χ3n) is 9.46. The zero-order chi connectivity index (χ0) is 48.6. The summed E-state index contributed by atoms with van der Waals surface area (Å²) in [6.45, 7) is 10.9. The Hall–Kier alpha value is -5.75. The molecule has 0 saturated carbocycles. The number of carboxylic acid groups (broad SMARTS) is 2. The van der Waals surface area contributed by atoms with Gasteiger partial charge in [0.2, 0.25) is 17.7 Å². The molecule has 354 valence electrons. The molecule has 0 bridgehead atoms. The summed E-state index contributed by atoms with van der Waals surface area (Å²) in [6.07, 6.45) is -5.02. The summed E-state index contributed by atoms with van der Waals surface area (Å²) in [7, 11) is 0. The molecule has 0 aliphatic carbocycles. The fourth-order valence-corrected chi connectivity index (χ4v) is 7.58. The number of ether oxygens (including phenoxy) is 2. The molecule has 3 rings (SSSR count). The van der Waals surface area contributed by atoms with E-state index in [4.69, 9.17) is 31.6 Å². The number of nitrogens with zero attached hydrogens (tertiary/aromatic N) is 2. The highest BCUT2D eigenvalue weighted by Crippen LogP contribution is 2.26. The maximum absolute atomic E-state index is 14.2. The lowest BCUT2D eigenvalue weighted by Gasteiger charge is -2.34. The molecule has 0 unspecified atom stereocenters. The zero-order valence-corrected chi connectivity index (χ0v) is 37.8. The summed E-state index contributed by atoms with van der Waals surface area (Å²) in [4.78, 5) is 105. The number of amides is 4. The molecule has 8 N–H and O–H groups in total. The Balaban J connectivity index is 0.00000185. The van der Waals surface area contributed by atoms with Crippen molar-refractivity contribution in [2.24, 2.45) is 11.8 Å². The van der Waals surface area contributed by atoms with Gasteiger partial charge in [-0.15, -0.1) is 11.3 Å². The third kappa shape index (κ3) is 17.1. The van der Waals surface area contributed by atoms with Gasteiger partial charge in [0.25, 0.3) is 5.91 Å². The van der Waals surface area contributed by atoms with Crippen LogP contribution in [0.5, 0.6) is 0 Å². The number of benzene rings is 1. The van der Waals surface area contributed by atoms with Crippen molar-refractivity contribution in [1.29, 1.82) is 0 Å². The summed E-state index contributed by atoms with van der Waals surface area (Å²) < 4.78 is 42.0. The molecule has 0 spiro atoms. The van der Waals surface area contributed by atoms with Gasteiger partial charge in [0.1, 0.15) is 41.8 Å². The smallest absolute Gasteiger partial charge is 0.430 e. The fourth-order valence-electron chi connectivity index (χ4n) is 6.17. The number of aromatic carboxylic acids is 1. The number of nitrogens with one attached hydrogen (secondary N) is 4. The van der Waals surface area contributed by atoms with Crippen LogP contribution in [0.2, 0.25) is 0 Å². The van der Waals surface area contributed by atoms with E-state index in [1.807, 2.05) is 44.2 Å². The normalized spacial score (nSPS) is 16.4. The van der Waals surface area contributed by atoms with E-state index >= 15 is 0 Å². The predicted molar refractivity (Wildman–Crippen MR) is 223 cm³/mol. The van der Waals surface area contributed by atoms with Gasteiger partial charge in [0, 0.05) is 32.2 Å². The molecule has 7 atom stereocenters. The second-order valence-corrected chi connectivity index (χ2v) is 16.7. The van der Waals surface area contributed by atoms with Crippen LogP contribution in [0.4, 0.5) is 13.2 Å². The lowest BCUT2D eigenvalue weighted by molar-refractivity contribution is -0.403. The molecule has 19 nitrogen and oxygen atoms in total. The molecule has 2 heterocycles. The van der Waals surface area contributed by atoms with Crippen molar-refractivity contribution in [3.8, 4) is 0 Å². The van der Waals surface area contributed by atoms with Crippen LogP contribution < -0.4 is 32.1 Å². The van der Waals surface area contributed by atoms with Gasteiger partial charge in [0.05, 0.1) is 17.1 Å². The number of aliphatic carboxylic acids is 1. The molecule has 1 aromatic heterocycles. The highest BCUT2D eigenvalue weighted by Gasteiger charge is 2.41. The van der Waals surface area contributed by atoms with Crippen LogP contribution in [-0.2, 0) is 49.5 Å². The van der Waals surface area contributed by atoms with Crippen molar-refractivity contribution in [1.82, 2.24) is 31.2 Å². The number of hydrogen-bond donors (Lipinski definition) is 6. The molecule has 4 amide bonds. The lowest BCUT2D eigenvalue weighted by atomic mass is 10.0. The van der Waals surface area contributed by atoms with Crippen LogP contribution in [0, 0.1) is 11.8 Å². The Labute approximate surface area is 376 Å². The molecule has 1 fully saturated rings. The Bertz CT molecular complexity index is 1990. The first-order valence-corrected chi connectivity index (χ1v) is 21.2. The second kappa shape index (κ2) is 24.9. The van der Waals surface area contributed by atoms with Crippen LogP contribution in [-0.4, -0.2) is 123 Å². The quantitative estimate of drug-likeness (QED) is 0.0812. The van der Waals surface area contributed by atoms with Crippen molar-refractivity contribution >= 4 is 76.0 Å². The minimum atomic E-state index is -5.19. The van der Waals surface area contributed by atoms with Crippen LogP contribution in [0.1, 0.15) is 88.4 Å². The Kier molecular flexibility index (Phi) is 21.2. The van der Waals surface area contributed by atoms with Gasteiger partial charge < -0.3 is 56.4 Å². The standard InChI is InChI=1S/C38H53N7O10S2.C2HF3O2/c1-19(2)29(36-41-27(18-57-36)38(52)53)42-33(49)26(17-54-22(6)46)40-35(56)28-14-11-15-45(28)37(51)30(20(3)4)43-34(50)31(21(5)55-23(7)47)44-32(48)25(39)16-24-12-9-8-10-13-24;3-2(4,5)1(6)7/h8-10,12-13,18-21,25-26,28-31H,11,14-17,39H2,1-7H3,(H,40,56)(H,42,49)(H,43,50)(H,44,48)(H,52,53);(H,6,7)/t21-,25+,26-,28-,29+,30-,31-;/m0./s1. The SMILES string of the molecule is CC(=O)OC[C@H](NC(=S)[C@@H]1CCCN1C(=O)[C@@H](NC(=O)[C@@H](NC(=O)[C@H]([NH3+])Cc1ccccc1)[C@H](C)OC(C)=O)C(C)C)C(=O)N[C@@H](c1nc(C(=O)O)cs1)C(C)C.O=C([O-])C(F)(F)F. The Morgan fingerprint density at radius 1 is 0.922 bits per heavy atom.